The van der Waals surface area contributed by atoms with Gasteiger partial charge in [0.05, 0.1) is 9.77 Å². The first kappa shape index (κ1) is 15.9. The van der Waals surface area contributed by atoms with Crippen molar-refractivity contribution in [1.82, 2.24) is 0 Å². The second kappa shape index (κ2) is 6.09. The molecule has 0 aliphatic carbocycles. The van der Waals surface area contributed by atoms with Gasteiger partial charge in [-0.15, -0.1) is 11.3 Å². The summed E-state index contributed by atoms with van der Waals surface area (Å²) < 4.78 is 29.8. The van der Waals surface area contributed by atoms with Gasteiger partial charge in [-0.05, 0) is 44.5 Å². The van der Waals surface area contributed by atoms with Gasteiger partial charge in [0.2, 0.25) is 0 Å². The maximum Gasteiger partial charge on any atom is 0.297 e. The minimum absolute atomic E-state index is 0.0415. The van der Waals surface area contributed by atoms with E-state index >= 15 is 0 Å². The normalized spacial score (nSPS) is 13.1. The third-order valence-corrected chi connectivity index (χ3v) is 5.89. The van der Waals surface area contributed by atoms with E-state index in [1.807, 2.05) is 0 Å². The summed E-state index contributed by atoms with van der Waals surface area (Å²) in [6.07, 6.45) is -0.632. The first-order chi connectivity index (χ1) is 9.81. The van der Waals surface area contributed by atoms with Crippen molar-refractivity contribution in [1.29, 1.82) is 0 Å². The number of aryl methyl sites for hydroxylation is 1. The SMILES string of the molecule is CC(=O)c1ccc(C(C)OS(=O)(=O)c2ccccc2C)s1. The van der Waals surface area contributed by atoms with Crippen molar-refractivity contribution in [3.8, 4) is 0 Å². The van der Waals surface area contributed by atoms with Crippen LogP contribution in [0.15, 0.2) is 41.3 Å². The fraction of sp³-hybridized carbons (Fsp3) is 0.267. The monoisotopic (exact) mass is 324 g/mol. The van der Waals surface area contributed by atoms with Crippen LogP contribution >= 0.6 is 11.3 Å². The molecule has 1 atom stereocenters. The van der Waals surface area contributed by atoms with Crippen molar-refractivity contribution in [3.63, 3.8) is 0 Å². The Kier molecular flexibility index (Phi) is 4.61. The predicted octanol–water partition coefficient (Wildman–Crippen LogP) is 3.73. The molecule has 0 aliphatic heterocycles. The van der Waals surface area contributed by atoms with Crippen LogP contribution in [0, 0.1) is 6.92 Å². The number of ketones is 1. The van der Waals surface area contributed by atoms with Gasteiger partial charge in [0.25, 0.3) is 10.1 Å². The summed E-state index contributed by atoms with van der Waals surface area (Å²) in [6.45, 7) is 4.86. The van der Waals surface area contributed by atoms with Gasteiger partial charge in [0, 0.05) is 4.88 Å². The van der Waals surface area contributed by atoms with E-state index in [1.54, 1.807) is 44.2 Å². The van der Waals surface area contributed by atoms with E-state index in [2.05, 4.69) is 0 Å². The van der Waals surface area contributed by atoms with Crippen LogP contribution in [0.2, 0.25) is 0 Å². The summed E-state index contributed by atoms with van der Waals surface area (Å²) in [5.74, 6) is -0.0415. The average molecular weight is 324 g/mol. The molecule has 1 heterocycles. The summed E-state index contributed by atoms with van der Waals surface area (Å²) in [7, 11) is -3.83. The van der Waals surface area contributed by atoms with Crippen molar-refractivity contribution < 1.29 is 17.4 Å². The number of hydrogen-bond donors (Lipinski definition) is 0. The Balaban J connectivity index is 2.24. The zero-order chi connectivity index (χ0) is 15.6. The van der Waals surface area contributed by atoms with E-state index in [0.717, 1.165) is 0 Å². The molecule has 0 saturated heterocycles. The maximum atomic E-state index is 12.3. The number of thiophene rings is 1. The van der Waals surface area contributed by atoms with E-state index < -0.39 is 16.2 Å². The second-order valence-corrected chi connectivity index (χ2v) is 7.37. The number of hydrogen-bond acceptors (Lipinski definition) is 5. The van der Waals surface area contributed by atoms with Crippen molar-refractivity contribution in [2.24, 2.45) is 0 Å². The van der Waals surface area contributed by atoms with E-state index in [1.165, 1.54) is 24.3 Å². The molecule has 0 spiro atoms. The third kappa shape index (κ3) is 3.58. The van der Waals surface area contributed by atoms with Crippen LogP contribution in [-0.2, 0) is 14.3 Å². The Hall–Kier alpha value is -1.50. The average Bonchev–Trinajstić information content (AvgIpc) is 2.88. The molecule has 6 heteroatoms. The standard InChI is InChI=1S/C15H16O4S2/c1-10-6-4-5-7-15(10)21(17,18)19-12(3)14-9-8-13(20-14)11(2)16/h4-9,12H,1-3H3. The fourth-order valence-corrected chi connectivity index (χ4v) is 4.13. The quantitative estimate of drug-likeness (QED) is 0.621. The van der Waals surface area contributed by atoms with Crippen molar-refractivity contribution in [3.05, 3.63) is 51.7 Å². The molecule has 0 bridgehead atoms. The number of benzene rings is 1. The largest absolute Gasteiger partial charge is 0.297 e. The molecule has 1 aromatic heterocycles. The highest BCUT2D eigenvalue weighted by atomic mass is 32.2. The molecule has 2 aromatic rings. The molecule has 0 aliphatic rings. The van der Waals surface area contributed by atoms with Crippen molar-refractivity contribution in [2.75, 3.05) is 0 Å². The van der Waals surface area contributed by atoms with Crippen LogP contribution in [0.5, 0.6) is 0 Å². The molecule has 112 valence electrons. The van der Waals surface area contributed by atoms with E-state index in [4.69, 9.17) is 4.18 Å². The maximum absolute atomic E-state index is 12.3. The van der Waals surface area contributed by atoms with Crippen molar-refractivity contribution >= 4 is 27.2 Å². The summed E-state index contributed by atoms with van der Waals surface area (Å²) >= 11 is 1.25. The molecular formula is C15H16O4S2. The lowest BCUT2D eigenvalue weighted by atomic mass is 10.2. The predicted molar refractivity (Wildman–Crippen MR) is 82.2 cm³/mol. The molecule has 4 nitrogen and oxygen atoms in total. The first-order valence-electron chi connectivity index (χ1n) is 6.41. The highest BCUT2D eigenvalue weighted by Crippen LogP contribution is 2.29. The van der Waals surface area contributed by atoms with Crippen molar-refractivity contribution in [2.45, 2.75) is 31.8 Å². The Morgan fingerprint density at radius 3 is 2.43 bits per heavy atom. The van der Waals surface area contributed by atoms with Gasteiger partial charge in [-0.1, -0.05) is 18.2 Å². The first-order valence-corrected chi connectivity index (χ1v) is 8.63. The highest BCUT2D eigenvalue weighted by molar-refractivity contribution is 7.86. The van der Waals surface area contributed by atoms with Crippen LogP contribution in [0.4, 0.5) is 0 Å². The summed E-state index contributed by atoms with van der Waals surface area (Å²) in [5, 5.41) is 0. The molecule has 2 rings (SSSR count). The van der Waals surface area contributed by atoms with Gasteiger partial charge >= 0.3 is 0 Å². The smallest absolute Gasteiger partial charge is 0.294 e. The van der Waals surface area contributed by atoms with E-state index in [0.29, 0.717) is 15.3 Å². The van der Waals surface area contributed by atoms with Crippen LogP contribution in [0.25, 0.3) is 0 Å². The van der Waals surface area contributed by atoms with E-state index in [-0.39, 0.29) is 10.7 Å². The molecule has 0 N–H and O–H groups in total. The summed E-state index contributed by atoms with van der Waals surface area (Å²) in [4.78, 5) is 12.7. The molecular weight excluding hydrogens is 308 g/mol. The summed E-state index contributed by atoms with van der Waals surface area (Å²) in [5.41, 5.74) is 0.639. The lowest BCUT2D eigenvalue weighted by Gasteiger charge is -2.12. The van der Waals surface area contributed by atoms with Gasteiger partial charge in [0.15, 0.2) is 5.78 Å². The minimum Gasteiger partial charge on any atom is -0.294 e. The Morgan fingerprint density at radius 2 is 1.86 bits per heavy atom. The molecule has 1 unspecified atom stereocenters. The van der Waals surface area contributed by atoms with Crippen LogP contribution < -0.4 is 0 Å². The fourth-order valence-electron chi connectivity index (χ4n) is 1.89. The number of rotatable bonds is 5. The van der Waals surface area contributed by atoms with E-state index in [9.17, 15) is 13.2 Å². The topological polar surface area (TPSA) is 60.4 Å². The third-order valence-electron chi connectivity index (χ3n) is 3.01. The second-order valence-electron chi connectivity index (χ2n) is 4.72. The minimum atomic E-state index is -3.83. The lowest BCUT2D eigenvalue weighted by Crippen LogP contribution is -2.10. The van der Waals surface area contributed by atoms with Gasteiger partial charge in [-0.25, -0.2) is 0 Å². The van der Waals surface area contributed by atoms with Crippen LogP contribution in [0.3, 0.4) is 0 Å². The zero-order valence-corrected chi connectivity index (χ0v) is 13.6. The zero-order valence-electron chi connectivity index (χ0n) is 12.0. The number of Topliss-reactive ketones (excluding diaryl/α,β-unsaturated/α-hetero) is 1. The number of carbonyl (C=O) groups is 1. The summed E-state index contributed by atoms with van der Waals surface area (Å²) in [6, 6.07) is 10.1. The molecule has 0 amide bonds. The molecule has 0 fully saturated rings. The lowest BCUT2D eigenvalue weighted by molar-refractivity contribution is 0.102. The molecule has 21 heavy (non-hydrogen) atoms. The van der Waals surface area contributed by atoms with Gasteiger partial charge < -0.3 is 0 Å². The number of carbonyl (C=O) groups excluding carboxylic acids is 1. The Morgan fingerprint density at radius 1 is 1.19 bits per heavy atom. The van der Waals surface area contributed by atoms with Gasteiger partial charge in [-0.3, -0.25) is 8.98 Å². The highest BCUT2D eigenvalue weighted by Gasteiger charge is 2.23. The Bertz CT molecular complexity index is 759. The van der Waals surface area contributed by atoms with Crippen LogP contribution in [-0.4, -0.2) is 14.2 Å². The molecule has 1 aromatic carbocycles. The molecule has 0 saturated carbocycles. The van der Waals surface area contributed by atoms with Gasteiger partial charge in [0.1, 0.15) is 6.10 Å². The molecule has 0 radical (unpaired) electrons. The Labute approximate surface area is 128 Å². The van der Waals surface area contributed by atoms with Gasteiger partial charge in [-0.2, -0.15) is 8.42 Å². The van der Waals surface area contributed by atoms with Crippen LogP contribution in [0.1, 0.15) is 40.1 Å².